The highest BCUT2D eigenvalue weighted by molar-refractivity contribution is 7.80. The molecule has 0 aliphatic carbocycles. The Kier molecular flexibility index (Phi) is 5.38. The molecule has 1 heterocycles. The summed E-state index contributed by atoms with van der Waals surface area (Å²) < 4.78 is 0. The number of nitrogens with zero attached hydrogens (tertiary/aromatic N) is 1. The van der Waals surface area contributed by atoms with Gasteiger partial charge in [-0.15, -0.1) is 0 Å². The predicted molar refractivity (Wildman–Crippen MR) is 89.6 cm³/mol. The molecule has 0 amide bonds. The summed E-state index contributed by atoms with van der Waals surface area (Å²) in [6.07, 6.45) is 7.02. The van der Waals surface area contributed by atoms with Crippen LogP contribution in [0.1, 0.15) is 52.4 Å². The average Bonchev–Trinajstić information content (AvgIpc) is 2.81. The third-order valence-corrected chi connectivity index (χ3v) is 4.09. The van der Waals surface area contributed by atoms with E-state index in [1.807, 2.05) is 23.2 Å². The fourth-order valence-electron chi connectivity index (χ4n) is 2.63. The lowest BCUT2D eigenvalue weighted by atomic mass is 9.97. The molecule has 1 saturated heterocycles. The number of hydrogen-bond donors (Lipinski definition) is 2. The van der Waals surface area contributed by atoms with E-state index in [1.165, 1.54) is 25.7 Å². The lowest BCUT2D eigenvalue weighted by Crippen LogP contribution is -2.51. The summed E-state index contributed by atoms with van der Waals surface area (Å²) in [7, 11) is 0. The number of hydrazine groups is 1. The summed E-state index contributed by atoms with van der Waals surface area (Å²) in [4.78, 5) is 0. The minimum absolute atomic E-state index is 0.0705. The predicted octanol–water partition coefficient (Wildman–Crippen LogP) is 3.96. The van der Waals surface area contributed by atoms with Crippen molar-refractivity contribution in [2.75, 3.05) is 5.01 Å². The first-order valence-corrected chi connectivity index (χ1v) is 8.07. The highest BCUT2D eigenvalue weighted by Crippen LogP contribution is 2.26. The van der Waals surface area contributed by atoms with Crippen molar-refractivity contribution in [2.45, 2.75) is 58.0 Å². The Hall–Kier alpha value is -1.13. The van der Waals surface area contributed by atoms with Gasteiger partial charge in [0.2, 0.25) is 0 Å². The molecule has 3 nitrogen and oxygen atoms in total. The Morgan fingerprint density at radius 1 is 1.05 bits per heavy atom. The van der Waals surface area contributed by atoms with Crippen molar-refractivity contribution in [1.82, 2.24) is 10.7 Å². The molecule has 4 heteroatoms. The first-order valence-electron chi connectivity index (χ1n) is 7.66. The van der Waals surface area contributed by atoms with E-state index in [0.29, 0.717) is 0 Å². The van der Waals surface area contributed by atoms with Crippen molar-refractivity contribution in [3.63, 3.8) is 0 Å². The second kappa shape index (κ2) is 7.04. The average molecular weight is 291 g/mol. The van der Waals surface area contributed by atoms with Gasteiger partial charge in [0.05, 0.1) is 5.69 Å². The van der Waals surface area contributed by atoms with Gasteiger partial charge in [0, 0.05) is 0 Å². The molecule has 2 N–H and O–H groups in total. The van der Waals surface area contributed by atoms with Gasteiger partial charge in [-0.05, 0) is 50.0 Å². The van der Waals surface area contributed by atoms with Crippen LogP contribution in [-0.4, -0.2) is 10.8 Å². The van der Waals surface area contributed by atoms with Crippen LogP contribution in [0.3, 0.4) is 0 Å². The number of rotatable bonds is 7. The minimum Gasteiger partial charge on any atom is -0.342 e. The van der Waals surface area contributed by atoms with Gasteiger partial charge in [-0.25, -0.2) is 5.43 Å². The maximum absolute atomic E-state index is 5.52. The summed E-state index contributed by atoms with van der Waals surface area (Å²) in [5, 5.41) is 6.33. The van der Waals surface area contributed by atoms with Gasteiger partial charge < -0.3 is 5.32 Å². The summed E-state index contributed by atoms with van der Waals surface area (Å²) in [6.45, 7) is 4.46. The topological polar surface area (TPSA) is 27.3 Å². The summed E-state index contributed by atoms with van der Waals surface area (Å²) in [5.74, 6) is 0. The molecule has 0 unspecified atom stereocenters. The lowest BCUT2D eigenvalue weighted by Gasteiger charge is -2.30. The van der Waals surface area contributed by atoms with Crippen molar-refractivity contribution < 1.29 is 0 Å². The zero-order valence-electron chi connectivity index (χ0n) is 12.5. The van der Waals surface area contributed by atoms with Gasteiger partial charge in [0.25, 0.3) is 0 Å². The van der Waals surface area contributed by atoms with E-state index in [-0.39, 0.29) is 5.66 Å². The molecular formula is C16H25N3S. The second-order valence-electron chi connectivity index (χ2n) is 5.50. The normalized spacial score (nSPS) is 17.3. The van der Waals surface area contributed by atoms with E-state index >= 15 is 0 Å². The van der Waals surface area contributed by atoms with E-state index in [2.05, 4.69) is 36.7 Å². The van der Waals surface area contributed by atoms with Crippen molar-refractivity contribution in [1.29, 1.82) is 0 Å². The smallest absolute Gasteiger partial charge is 0.189 e. The fraction of sp³-hybridized carbons (Fsp3) is 0.562. The second-order valence-corrected chi connectivity index (χ2v) is 5.89. The molecule has 0 bridgehead atoms. The van der Waals surface area contributed by atoms with Crippen LogP contribution in [-0.2, 0) is 0 Å². The first kappa shape index (κ1) is 15.3. The number of hydrogen-bond acceptors (Lipinski definition) is 2. The summed E-state index contributed by atoms with van der Waals surface area (Å²) in [6, 6.07) is 10.3. The van der Waals surface area contributed by atoms with E-state index in [0.717, 1.165) is 23.6 Å². The van der Waals surface area contributed by atoms with Gasteiger partial charge in [0.15, 0.2) is 5.11 Å². The van der Waals surface area contributed by atoms with Crippen LogP contribution < -0.4 is 15.8 Å². The molecule has 0 aromatic heterocycles. The van der Waals surface area contributed by atoms with Crippen LogP contribution in [0.15, 0.2) is 30.3 Å². The van der Waals surface area contributed by atoms with Crippen LogP contribution in [0.4, 0.5) is 5.69 Å². The molecule has 2 rings (SSSR count). The third kappa shape index (κ3) is 3.49. The van der Waals surface area contributed by atoms with E-state index < -0.39 is 0 Å². The maximum atomic E-state index is 5.52. The zero-order valence-corrected chi connectivity index (χ0v) is 13.3. The number of benzene rings is 1. The van der Waals surface area contributed by atoms with Crippen LogP contribution in [0.5, 0.6) is 0 Å². The molecule has 110 valence electrons. The zero-order chi connectivity index (χ0) is 14.4. The van der Waals surface area contributed by atoms with Crippen molar-refractivity contribution >= 4 is 23.0 Å². The SMILES string of the molecule is CCCCC1(CCCC)NC(=S)N(c2ccccc2)N1. The lowest BCUT2D eigenvalue weighted by molar-refractivity contribution is 0.276. The molecule has 0 saturated carbocycles. The number of para-hydroxylation sites is 1. The molecule has 1 fully saturated rings. The number of thiocarbonyl (C=S) groups is 1. The van der Waals surface area contributed by atoms with Gasteiger partial charge in [-0.1, -0.05) is 44.9 Å². The van der Waals surface area contributed by atoms with Crippen LogP contribution in [0.2, 0.25) is 0 Å². The quantitative estimate of drug-likeness (QED) is 0.744. The third-order valence-electron chi connectivity index (χ3n) is 3.80. The van der Waals surface area contributed by atoms with Gasteiger partial charge in [-0.2, -0.15) is 0 Å². The number of anilines is 1. The standard InChI is InChI=1S/C16H25N3S/c1-3-5-12-16(13-6-4-2)17-15(20)19(18-16)14-10-8-7-9-11-14/h7-11,18H,3-6,12-13H2,1-2H3,(H,17,20). The molecule has 0 radical (unpaired) electrons. The molecule has 20 heavy (non-hydrogen) atoms. The molecule has 0 atom stereocenters. The fourth-order valence-corrected chi connectivity index (χ4v) is 2.98. The Labute approximate surface area is 127 Å². The van der Waals surface area contributed by atoms with Crippen LogP contribution >= 0.6 is 12.2 Å². The Balaban J connectivity index is 2.13. The highest BCUT2D eigenvalue weighted by Gasteiger charge is 2.39. The maximum Gasteiger partial charge on any atom is 0.189 e. The van der Waals surface area contributed by atoms with E-state index in [1.54, 1.807) is 0 Å². The first-order chi connectivity index (χ1) is 9.71. The molecule has 1 aliphatic rings. The van der Waals surface area contributed by atoms with Gasteiger partial charge in [0.1, 0.15) is 5.66 Å². The highest BCUT2D eigenvalue weighted by atomic mass is 32.1. The Bertz CT molecular complexity index is 425. The van der Waals surface area contributed by atoms with E-state index in [4.69, 9.17) is 12.2 Å². The number of unbranched alkanes of at least 4 members (excludes halogenated alkanes) is 2. The number of nitrogens with one attached hydrogen (secondary N) is 2. The molecule has 1 aliphatic heterocycles. The van der Waals surface area contributed by atoms with Crippen molar-refractivity contribution in [3.05, 3.63) is 30.3 Å². The molecule has 1 aromatic carbocycles. The van der Waals surface area contributed by atoms with Crippen LogP contribution in [0.25, 0.3) is 0 Å². The Morgan fingerprint density at radius 3 is 2.20 bits per heavy atom. The largest absolute Gasteiger partial charge is 0.342 e. The minimum atomic E-state index is -0.0705. The van der Waals surface area contributed by atoms with Crippen molar-refractivity contribution in [3.8, 4) is 0 Å². The summed E-state index contributed by atoms with van der Waals surface area (Å²) >= 11 is 5.52. The molecule has 1 aromatic rings. The van der Waals surface area contributed by atoms with Crippen LogP contribution in [0, 0.1) is 0 Å². The van der Waals surface area contributed by atoms with Gasteiger partial charge >= 0.3 is 0 Å². The van der Waals surface area contributed by atoms with Gasteiger partial charge in [-0.3, -0.25) is 5.01 Å². The molecule has 0 spiro atoms. The Morgan fingerprint density at radius 2 is 1.65 bits per heavy atom. The molecular weight excluding hydrogens is 266 g/mol. The van der Waals surface area contributed by atoms with E-state index in [9.17, 15) is 0 Å². The van der Waals surface area contributed by atoms with Crippen molar-refractivity contribution in [2.24, 2.45) is 0 Å². The summed E-state index contributed by atoms with van der Waals surface area (Å²) in [5.41, 5.74) is 4.65. The monoisotopic (exact) mass is 291 g/mol.